The van der Waals surface area contributed by atoms with Crippen LogP contribution in [0, 0.1) is 0 Å². The van der Waals surface area contributed by atoms with Gasteiger partial charge in [-0.2, -0.15) is 4.31 Å². The Morgan fingerprint density at radius 1 is 0.871 bits per heavy atom. The number of amides is 1. The molecule has 6 nitrogen and oxygen atoms in total. The van der Waals surface area contributed by atoms with Crippen molar-refractivity contribution in [2.75, 3.05) is 11.9 Å². The van der Waals surface area contributed by atoms with Crippen molar-refractivity contribution in [1.82, 2.24) is 4.31 Å². The van der Waals surface area contributed by atoms with Crippen LogP contribution in [-0.2, 0) is 23.0 Å². The largest absolute Gasteiger partial charge is 0.322 e. The van der Waals surface area contributed by atoms with Crippen LogP contribution in [0.3, 0.4) is 0 Å². The van der Waals surface area contributed by atoms with Crippen LogP contribution in [0.4, 0.5) is 5.69 Å². The number of ketones is 1. The molecule has 3 aromatic rings. The molecular weight excluding hydrogens is 412 g/mol. The molecule has 0 saturated carbocycles. The topological polar surface area (TPSA) is 83.5 Å². The van der Waals surface area contributed by atoms with Crippen molar-refractivity contribution < 1.29 is 18.0 Å². The molecule has 3 aromatic carbocycles. The molecule has 0 unspecified atom stereocenters. The minimum atomic E-state index is -3.74. The number of carbonyl (C=O) groups is 2. The van der Waals surface area contributed by atoms with Crippen LogP contribution in [0.2, 0.25) is 0 Å². The highest BCUT2D eigenvalue weighted by Crippen LogP contribution is 2.25. The Bertz CT molecular complexity index is 1270. The highest BCUT2D eigenvalue weighted by Gasteiger charge is 2.28. The fraction of sp³-hybridized carbons (Fsp3) is 0.167. The van der Waals surface area contributed by atoms with Gasteiger partial charge in [0.25, 0.3) is 5.91 Å². The second-order valence-corrected chi connectivity index (χ2v) is 9.41. The van der Waals surface area contributed by atoms with E-state index in [0.717, 1.165) is 11.1 Å². The van der Waals surface area contributed by atoms with Gasteiger partial charge < -0.3 is 5.32 Å². The first-order valence-electron chi connectivity index (χ1n) is 9.94. The van der Waals surface area contributed by atoms with E-state index in [4.69, 9.17) is 0 Å². The second-order valence-electron chi connectivity index (χ2n) is 7.48. The zero-order valence-electron chi connectivity index (χ0n) is 17.0. The van der Waals surface area contributed by atoms with Gasteiger partial charge in [-0.3, -0.25) is 9.59 Å². The number of nitrogens with zero attached hydrogens (tertiary/aromatic N) is 1. The van der Waals surface area contributed by atoms with Gasteiger partial charge in [-0.15, -0.1) is 0 Å². The molecule has 0 aromatic heterocycles. The van der Waals surface area contributed by atoms with E-state index >= 15 is 0 Å². The van der Waals surface area contributed by atoms with Crippen molar-refractivity contribution in [1.29, 1.82) is 0 Å². The molecule has 158 valence electrons. The summed E-state index contributed by atoms with van der Waals surface area (Å²) in [5.41, 5.74) is 3.34. The van der Waals surface area contributed by atoms with Crippen molar-refractivity contribution in [3.05, 3.63) is 95.1 Å². The first-order chi connectivity index (χ1) is 14.8. The summed E-state index contributed by atoms with van der Waals surface area (Å²) < 4.78 is 27.9. The molecule has 31 heavy (non-hydrogen) atoms. The van der Waals surface area contributed by atoms with Gasteiger partial charge in [0.05, 0.1) is 4.90 Å². The fourth-order valence-corrected chi connectivity index (χ4v) is 5.11. The van der Waals surface area contributed by atoms with Crippen molar-refractivity contribution in [3.8, 4) is 0 Å². The van der Waals surface area contributed by atoms with Gasteiger partial charge >= 0.3 is 0 Å². The Morgan fingerprint density at radius 3 is 2.35 bits per heavy atom. The van der Waals surface area contributed by atoms with Gasteiger partial charge in [0.1, 0.15) is 0 Å². The van der Waals surface area contributed by atoms with Crippen molar-refractivity contribution >= 4 is 27.4 Å². The molecule has 0 spiro atoms. The van der Waals surface area contributed by atoms with Crippen LogP contribution in [-0.4, -0.2) is 31.0 Å². The molecule has 1 aliphatic heterocycles. The van der Waals surface area contributed by atoms with Gasteiger partial charge in [0.2, 0.25) is 10.0 Å². The molecule has 4 rings (SSSR count). The number of anilines is 1. The first kappa shape index (κ1) is 21.0. The predicted octanol–water partition coefficient (Wildman–Crippen LogP) is 3.89. The summed E-state index contributed by atoms with van der Waals surface area (Å²) in [6, 6.07) is 20.5. The Hall–Kier alpha value is -3.29. The summed E-state index contributed by atoms with van der Waals surface area (Å²) in [5.74, 6) is -0.547. The fourth-order valence-electron chi connectivity index (χ4n) is 3.64. The highest BCUT2D eigenvalue weighted by molar-refractivity contribution is 7.89. The average Bonchev–Trinajstić information content (AvgIpc) is 2.79. The van der Waals surface area contributed by atoms with Gasteiger partial charge in [0.15, 0.2) is 5.78 Å². The van der Waals surface area contributed by atoms with E-state index in [-0.39, 0.29) is 16.2 Å². The summed E-state index contributed by atoms with van der Waals surface area (Å²) >= 11 is 0. The van der Waals surface area contributed by atoms with Crippen molar-refractivity contribution in [2.45, 2.75) is 24.8 Å². The molecule has 1 aliphatic rings. The summed E-state index contributed by atoms with van der Waals surface area (Å²) in [5, 5.41) is 2.73. The number of nitrogens with one attached hydrogen (secondary N) is 1. The normalized spacial score (nSPS) is 14.0. The minimum Gasteiger partial charge on any atom is -0.322 e. The lowest BCUT2D eigenvalue weighted by Crippen LogP contribution is -2.36. The Balaban J connectivity index is 1.56. The standard InChI is InChI=1S/C24H22N2O4S/c1-17(27)19-8-4-10-22(14-19)25-24(28)20-9-5-11-23(15-20)31(29,30)26-13-12-18-6-2-3-7-21(18)16-26/h2-11,14-15H,12-13,16H2,1H3,(H,25,28). The summed E-state index contributed by atoms with van der Waals surface area (Å²) in [4.78, 5) is 24.3. The van der Waals surface area contributed by atoms with Gasteiger partial charge in [-0.1, -0.05) is 42.5 Å². The van der Waals surface area contributed by atoms with E-state index in [1.807, 2.05) is 24.3 Å². The number of Topliss-reactive ketones (excluding diaryl/α,β-unsaturated/α-hetero) is 1. The number of hydrogen-bond acceptors (Lipinski definition) is 4. The van der Waals surface area contributed by atoms with Crippen LogP contribution in [0.15, 0.2) is 77.7 Å². The maximum atomic E-state index is 13.2. The monoisotopic (exact) mass is 434 g/mol. The molecule has 1 N–H and O–H groups in total. The highest BCUT2D eigenvalue weighted by atomic mass is 32.2. The molecule has 0 fully saturated rings. The van der Waals surface area contributed by atoms with E-state index < -0.39 is 15.9 Å². The molecular formula is C24H22N2O4S. The summed E-state index contributed by atoms with van der Waals surface area (Å²) in [6.07, 6.45) is 0.655. The van der Waals surface area contributed by atoms with Crippen molar-refractivity contribution in [3.63, 3.8) is 0 Å². The molecule has 1 heterocycles. The Labute approximate surface area is 181 Å². The number of sulfonamides is 1. The number of hydrogen-bond donors (Lipinski definition) is 1. The van der Waals surface area contributed by atoms with E-state index in [0.29, 0.717) is 30.8 Å². The molecule has 0 radical (unpaired) electrons. The van der Waals surface area contributed by atoms with E-state index in [2.05, 4.69) is 5.32 Å². The number of carbonyl (C=O) groups excluding carboxylic acids is 2. The molecule has 0 aliphatic carbocycles. The predicted molar refractivity (Wildman–Crippen MR) is 119 cm³/mol. The van der Waals surface area contributed by atoms with Gasteiger partial charge in [-0.05, 0) is 54.8 Å². The Kier molecular flexibility index (Phi) is 5.71. The zero-order chi connectivity index (χ0) is 22.0. The minimum absolute atomic E-state index is 0.0806. The lowest BCUT2D eigenvalue weighted by molar-refractivity contribution is 0.101. The lowest BCUT2D eigenvalue weighted by atomic mass is 10.0. The third kappa shape index (κ3) is 4.42. The number of fused-ring (bicyclic) bond motifs is 1. The lowest BCUT2D eigenvalue weighted by Gasteiger charge is -2.28. The quantitative estimate of drug-likeness (QED) is 0.618. The molecule has 0 atom stereocenters. The van der Waals surface area contributed by atoms with Crippen LogP contribution >= 0.6 is 0 Å². The van der Waals surface area contributed by atoms with Crippen LogP contribution < -0.4 is 5.32 Å². The number of rotatable bonds is 5. The van der Waals surface area contributed by atoms with Gasteiger partial charge in [0, 0.05) is 29.9 Å². The maximum absolute atomic E-state index is 13.2. The molecule has 0 saturated heterocycles. The Morgan fingerprint density at radius 2 is 1.58 bits per heavy atom. The van der Waals surface area contributed by atoms with E-state index in [1.165, 1.54) is 23.4 Å². The van der Waals surface area contributed by atoms with Gasteiger partial charge in [-0.25, -0.2) is 8.42 Å². The molecule has 1 amide bonds. The van der Waals surface area contributed by atoms with Crippen LogP contribution in [0.5, 0.6) is 0 Å². The third-order valence-electron chi connectivity index (χ3n) is 5.36. The SMILES string of the molecule is CC(=O)c1cccc(NC(=O)c2cccc(S(=O)(=O)N3CCc4ccccc4C3)c2)c1. The van der Waals surface area contributed by atoms with E-state index in [9.17, 15) is 18.0 Å². The second kappa shape index (κ2) is 8.45. The molecule has 7 heteroatoms. The maximum Gasteiger partial charge on any atom is 0.255 e. The average molecular weight is 435 g/mol. The smallest absolute Gasteiger partial charge is 0.255 e. The molecule has 0 bridgehead atoms. The van der Waals surface area contributed by atoms with Crippen LogP contribution in [0.1, 0.15) is 38.8 Å². The summed E-state index contributed by atoms with van der Waals surface area (Å²) in [7, 11) is -3.74. The van der Waals surface area contributed by atoms with E-state index in [1.54, 1.807) is 36.4 Å². The zero-order valence-corrected chi connectivity index (χ0v) is 17.9. The first-order valence-corrected chi connectivity index (χ1v) is 11.4. The summed E-state index contributed by atoms with van der Waals surface area (Å²) in [6.45, 7) is 2.16. The number of benzene rings is 3. The van der Waals surface area contributed by atoms with Crippen molar-refractivity contribution in [2.24, 2.45) is 0 Å². The third-order valence-corrected chi connectivity index (χ3v) is 7.20. The van der Waals surface area contributed by atoms with Crippen LogP contribution in [0.25, 0.3) is 0 Å².